The first-order chi connectivity index (χ1) is 10.2. The lowest BCUT2D eigenvalue weighted by atomic mass is 10.1. The summed E-state index contributed by atoms with van der Waals surface area (Å²) in [4.78, 5) is 20.4. The van der Waals surface area contributed by atoms with Crippen LogP contribution in [0.5, 0.6) is 0 Å². The van der Waals surface area contributed by atoms with Crippen LogP contribution < -0.4 is 0 Å². The number of aryl methyl sites for hydroxylation is 1. The number of thioether (sulfide) groups is 1. The van der Waals surface area contributed by atoms with Crippen LogP contribution in [0.1, 0.15) is 24.3 Å². The molecule has 4 nitrogen and oxygen atoms in total. The second-order valence-corrected chi connectivity index (χ2v) is 7.44. The van der Waals surface area contributed by atoms with E-state index < -0.39 is 0 Å². The molecule has 0 radical (unpaired) electrons. The molecule has 1 aliphatic rings. The SMILES string of the molecule is CCn1ccnc1SC(C)C(=O)N1CCc2sccc2C1. The fraction of sp³-hybridized carbons (Fsp3) is 0.467. The Labute approximate surface area is 133 Å². The number of carbonyl (C=O) groups excluding carboxylic acids is 1. The molecule has 0 fully saturated rings. The molecule has 3 heterocycles. The number of imidazole rings is 1. The van der Waals surface area contributed by atoms with Gasteiger partial charge in [-0.15, -0.1) is 11.3 Å². The number of hydrogen-bond acceptors (Lipinski definition) is 4. The fourth-order valence-corrected chi connectivity index (χ4v) is 4.46. The van der Waals surface area contributed by atoms with Gasteiger partial charge in [0.15, 0.2) is 5.16 Å². The second-order valence-electron chi connectivity index (χ2n) is 5.13. The largest absolute Gasteiger partial charge is 0.337 e. The minimum Gasteiger partial charge on any atom is -0.337 e. The summed E-state index contributed by atoms with van der Waals surface area (Å²) >= 11 is 3.35. The normalized spacial score (nSPS) is 15.8. The quantitative estimate of drug-likeness (QED) is 0.813. The Hall–Kier alpha value is -1.27. The van der Waals surface area contributed by atoms with Crippen molar-refractivity contribution in [1.29, 1.82) is 0 Å². The van der Waals surface area contributed by atoms with Gasteiger partial charge in [-0.25, -0.2) is 4.98 Å². The van der Waals surface area contributed by atoms with Crippen LogP contribution in [0.4, 0.5) is 0 Å². The summed E-state index contributed by atoms with van der Waals surface area (Å²) in [6.07, 6.45) is 4.74. The van der Waals surface area contributed by atoms with Crippen molar-refractivity contribution in [2.45, 2.75) is 43.8 Å². The van der Waals surface area contributed by atoms with Crippen LogP contribution in [0.2, 0.25) is 0 Å². The van der Waals surface area contributed by atoms with E-state index in [2.05, 4.69) is 27.9 Å². The third kappa shape index (κ3) is 3.01. The molecule has 2 aromatic rings. The van der Waals surface area contributed by atoms with Gasteiger partial charge in [-0.1, -0.05) is 11.8 Å². The van der Waals surface area contributed by atoms with Gasteiger partial charge in [0.05, 0.1) is 5.25 Å². The molecule has 0 spiro atoms. The molecule has 0 aromatic carbocycles. The molecular weight excluding hydrogens is 302 g/mol. The number of carbonyl (C=O) groups is 1. The van der Waals surface area contributed by atoms with Gasteiger partial charge in [-0.05, 0) is 37.3 Å². The zero-order valence-corrected chi connectivity index (χ0v) is 13.9. The molecule has 0 saturated heterocycles. The third-order valence-electron chi connectivity index (χ3n) is 3.77. The molecule has 1 atom stereocenters. The lowest BCUT2D eigenvalue weighted by Crippen LogP contribution is -2.39. The number of thiophene rings is 1. The van der Waals surface area contributed by atoms with Gasteiger partial charge in [-0.2, -0.15) is 0 Å². The van der Waals surface area contributed by atoms with E-state index in [9.17, 15) is 4.79 Å². The molecule has 1 aliphatic heterocycles. The summed E-state index contributed by atoms with van der Waals surface area (Å²) in [6, 6.07) is 2.14. The Bertz CT molecular complexity index is 634. The minimum absolute atomic E-state index is 0.0992. The van der Waals surface area contributed by atoms with Crippen LogP contribution >= 0.6 is 23.1 Å². The average Bonchev–Trinajstić information content (AvgIpc) is 3.13. The number of amides is 1. The predicted octanol–water partition coefficient (Wildman–Crippen LogP) is 3.03. The van der Waals surface area contributed by atoms with E-state index in [1.807, 2.05) is 18.0 Å². The Morgan fingerprint density at radius 1 is 1.57 bits per heavy atom. The van der Waals surface area contributed by atoms with Gasteiger partial charge < -0.3 is 9.47 Å². The van der Waals surface area contributed by atoms with Gasteiger partial charge in [-0.3, -0.25) is 4.79 Å². The molecule has 0 N–H and O–H groups in total. The lowest BCUT2D eigenvalue weighted by Gasteiger charge is -2.29. The molecule has 21 heavy (non-hydrogen) atoms. The molecule has 1 amide bonds. The van der Waals surface area contributed by atoms with Crippen molar-refractivity contribution < 1.29 is 4.79 Å². The van der Waals surface area contributed by atoms with E-state index >= 15 is 0 Å². The van der Waals surface area contributed by atoms with Crippen molar-refractivity contribution in [1.82, 2.24) is 14.5 Å². The Balaban J connectivity index is 1.65. The topological polar surface area (TPSA) is 38.1 Å². The van der Waals surface area contributed by atoms with Crippen LogP contribution in [0.15, 0.2) is 29.0 Å². The monoisotopic (exact) mass is 321 g/mol. The third-order valence-corrected chi connectivity index (χ3v) is 5.90. The van der Waals surface area contributed by atoms with Crippen molar-refractivity contribution >= 4 is 29.0 Å². The number of rotatable bonds is 4. The van der Waals surface area contributed by atoms with Crippen LogP contribution in [-0.2, 0) is 24.3 Å². The van der Waals surface area contributed by atoms with E-state index in [0.29, 0.717) is 0 Å². The molecule has 1 unspecified atom stereocenters. The molecule has 0 bridgehead atoms. The van der Waals surface area contributed by atoms with Crippen molar-refractivity contribution in [3.8, 4) is 0 Å². The summed E-state index contributed by atoms with van der Waals surface area (Å²) in [5, 5.41) is 2.94. The molecule has 2 aromatic heterocycles. The molecule has 0 saturated carbocycles. The summed E-state index contributed by atoms with van der Waals surface area (Å²) in [6.45, 7) is 6.53. The van der Waals surface area contributed by atoms with Gasteiger partial charge in [0.25, 0.3) is 0 Å². The highest BCUT2D eigenvalue weighted by molar-refractivity contribution is 8.00. The minimum atomic E-state index is -0.0992. The van der Waals surface area contributed by atoms with Gasteiger partial charge in [0.1, 0.15) is 0 Å². The first kappa shape index (κ1) is 14.7. The maximum Gasteiger partial charge on any atom is 0.236 e. The molecular formula is C15H19N3OS2. The highest BCUT2D eigenvalue weighted by atomic mass is 32.2. The van der Waals surface area contributed by atoms with E-state index in [0.717, 1.165) is 31.2 Å². The van der Waals surface area contributed by atoms with Crippen molar-refractivity contribution in [3.05, 3.63) is 34.3 Å². The summed E-state index contributed by atoms with van der Waals surface area (Å²) in [5.41, 5.74) is 1.31. The number of fused-ring (bicyclic) bond motifs is 1. The molecule has 3 rings (SSSR count). The summed E-state index contributed by atoms with van der Waals surface area (Å²) in [5.74, 6) is 0.211. The number of nitrogens with zero attached hydrogens (tertiary/aromatic N) is 3. The standard InChI is InChI=1S/C15H19N3OS2/c1-3-17-8-6-16-15(17)21-11(2)14(19)18-7-4-13-12(10-18)5-9-20-13/h5-6,8-9,11H,3-4,7,10H2,1-2H3. The van der Waals surface area contributed by atoms with Crippen molar-refractivity contribution in [2.75, 3.05) is 6.54 Å². The van der Waals surface area contributed by atoms with Crippen LogP contribution in [0.25, 0.3) is 0 Å². The maximum absolute atomic E-state index is 12.6. The molecule has 6 heteroatoms. The lowest BCUT2D eigenvalue weighted by molar-refractivity contribution is -0.131. The van der Waals surface area contributed by atoms with E-state index in [1.165, 1.54) is 10.4 Å². The van der Waals surface area contributed by atoms with Crippen LogP contribution in [0.3, 0.4) is 0 Å². The van der Waals surface area contributed by atoms with Crippen LogP contribution in [0, 0.1) is 0 Å². The van der Waals surface area contributed by atoms with Crippen LogP contribution in [-0.4, -0.2) is 32.2 Å². The second kappa shape index (κ2) is 6.23. The maximum atomic E-state index is 12.6. The average molecular weight is 321 g/mol. The molecule has 0 aliphatic carbocycles. The first-order valence-corrected chi connectivity index (χ1v) is 8.96. The van der Waals surface area contributed by atoms with Crippen molar-refractivity contribution in [3.63, 3.8) is 0 Å². The summed E-state index contributed by atoms with van der Waals surface area (Å²) in [7, 11) is 0. The number of aromatic nitrogens is 2. The fourth-order valence-electron chi connectivity index (χ4n) is 2.56. The van der Waals surface area contributed by atoms with E-state index in [4.69, 9.17) is 0 Å². The van der Waals surface area contributed by atoms with E-state index in [1.54, 1.807) is 29.3 Å². The molecule has 112 valence electrons. The first-order valence-electron chi connectivity index (χ1n) is 7.21. The summed E-state index contributed by atoms with van der Waals surface area (Å²) < 4.78 is 2.07. The highest BCUT2D eigenvalue weighted by Crippen LogP contribution is 2.27. The highest BCUT2D eigenvalue weighted by Gasteiger charge is 2.26. The Morgan fingerprint density at radius 3 is 3.24 bits per heavy atom. The van der Waals surface area contributed by atoms with Gasteiger partial charge in [0.2, 0.25) is 5.91 Å². The van der Waals surface area contributed by atoms with Gasteiger partial charge >= 0.3 is 0 Å². The van der Waals surface area contributed by atoms with Gasteiger partial charge in [0, 0.05) is 36.9 Å². The smallest absolute Gasteiger partial charge is 0.236 e. The number of hydrogen-bond donors (Lipinski definition) is 0. The Morgan fingerprint density at radius 2 is 2.43 bits per heavy atom. The predicted molar refractivity (Wildman–Crippen MR) is 86.7 cm³/mol. The Kier molecular flexibility index (Phi) is 4.35. The zero-order valence-electron chi connectivity index (χ0n) is 12.3. The van der Waals surface area contributed by atoms with Crippen molar-refractivity contribution in [2.24, 2.45) is 0 Å². The zero-order chi connectivity index (χ0) is 14.8. The van der Waals surface area contributed by atoms with E-state index in [-0.39, 0.29) is 11.2 Å².